The molecule has 0 unspecified atom stereocenters. The van der Waals surface area contributed by atoms with Crippen molar-refractivity contribution >= 4 is 16.8 Å². The number of nitrogens with zero attached hydrogens (tertiary/aromatic N) is 2. The SMILES string of the molecule is O=C(c1c[nH]c2ccc(F)cc2c1=O)N1CCC(CN2CCOCC2)CC1. The van der Waals surface area contributed by atoms with E-state index in [9.17, 15) is 14.0 Å². The molecule has 3 heterocycles. The van der Waals surface area contributed by atoms with Crippen molar-refractivity contribution in [2.45, 2.75) is 12.8 Å². The van der Waals surface area contributed by atoms with Crippen molar-refractivity contribution in [3.8, 4) is 0 Å². The lowest BCUT2D eigenvalue weighted by Crippen LogP contribution is -2.45. The third-order valence-electron chi connectivity index (χ3n) is 5.60. The molecule has 1 N–H and O–H groups in total. The summed E-state index contributed by atoms with van der Waals surface area (Å²) in [6.07, 6.45) is 3.32. The Balaban J connectivity index is 1.42. The van der Waals surface area contributed by atoms with E-state index in [0.29, 0.717) is 24.5 Å². The van der Waals surface area contributed by atoms with Gasteiger partial charge in [0.2, 0.25) is 5.43 Å². The summed E-state index contributed by atoms with van der Waals surface area (Å²) >= 11 is 0. The number of halogens is 1. The van der Waals surface area contributed by atoms with Crippen LogP contribution in [0, 0.1) is 11.7 Å². The number of fused-ring (bicyclic) bond motifs is 1. The number of carbonyl (C=O) groups excluding carboxylic acids is 1. The van der Waals surface area contributed by atoms with Crippen molar-refractivity contribution < 1.29 is 13.9 Å². The molecule has 27 heavy (non-hydrogen) atoms. The van der Waals surface area contributed by atoms with E-state index < -0.39 is 11.2 Å². The number of hydrogen-bond donors (Lipinski definition) is 1. The van der Waals surface area contributed by atoms with Crippen LogP contribution in [0.3, 0.4) is 0 Å². The van der Waals surface area contributed by atoms with Gasteiger partial charge >= 0.3 is 0 Å². The minimum atomic E-state index is -0.485. The number of rotatable bonds is 3. The average Bonchev–Trinajstić information content (AvgIpc) is 2.70. The van der Waals surface area contributed by atoms with Crippen LogP contribution in [0.5, 0.6) is 0 Å². The number of amides is 1. The number of aromatic amines is 1. The number of H-pyrrole nitrogens is 1. The number of likely N-dealkylation sites (tertiary alicyclic amines) is 1. The first-order valence-corrected chi connectivity index (χ1v) is 9.52. The van der Waals surface area contributed by atoms with Gasteiger partial charge in [0.05, 0.1) is 13.2 Å². The third kappa shape index (κ3) is 3.89. The highest BCUT2D eigenvalue weighted by molar-refractivity contribution is 5.97. The quantitative estimate of drug-likeness (QED) is 0.892. The third-order valence-corrected chi connectivity index (χ3v) is 5.60. The molecule has 1 aromatic carbocycles. The summed E-state index contributed by atoms with van der Waals surface area (Å²) in [6.45, 7) is 5.87. The Morgan fingerprint density at radius 1 is 1.19 bits per heavy atom. The predicted molar refractivity (Wildman–Crippen MR) is 100 cm³/mol. The molecule has 2 fully saturated rings. The summed E-state index contributed by atoms with van der Waals surface area (Å²) in [4.78, 5) is 32.6. The van der Waals surface area contributed by atoms with Gasteiger partial charge in [-0.2, -0.15) is 0 Å². The summed E-state index contributed by atoms with van der Waals surface area (Å²) in [5.74, 6) is -0.190. The maximum Gasteiger partial charge on any atom is 0.259 e. The van der Waals surface area contributed by atoms with E-state index in [-0.39, 0.29) is 16.9 Å². The van der Waals surface area contributed by atoms with E-state index in [4.69, 9.17) is 4.74 Å². The van der Waals surface area contributed by atoms with Crippen LogP contribution in [0.25, 0.3) is 10.9 Å². The van der Waals surface area contributed by atoms with Gasteiger partial charge in [0, 0.05) is 49.8 Å². The summed E-state index contributed by atoms with van der Waals surface area (Å²) in [7, 11) is 0. The Kier molecular flexibility index (Phi) is 5.22. The van der Waals surface area contributed by atoms with Crippen LogP contribution in [0.1, 0.15) is 23.2 Å². The monoisotopic (exact) mass is 373 g/mol. The summed E-state index contributed by atoms with van der Waals surface area (Å²) < 4.78 is 18.9. The highest BCUT2D eigenvalue weighted by atomic mass is 19.1. The fourth-order valence-electron chi connectivity index (χ4n) is 3.99. The minimum Gasteiger partial charge on any atom is -0.379 e. The molecule has 2 aliphatic rings. The van der Waals surface area contributed by atoms with Crippen molar-refractivity contribution in [3.05, 3.63) is 46.0 Å². The van der Waals surface area contributed by atoms with Crippen LogP contribution < -0.4 is 5.43 Å². The number of carbonyl (C=O) groups is 1. The van der Waals surface area contributed by atoms with Gasteiger partial charge in [0.25, 0.3) is 5.91 Å². The Hall–Kier alpha value is -2.25. The van der Waals surface area contributed by atoms with Crippen molar-refractivity contribution in [3.63, 3.8) is 0 Å². The molecule has 144 valence electrons. The van der Waals surface area contributed by atoms with Gasteiger partial charge in [-0.25, -0.2) is 4.39 Å². The first kappa shape index (κ1) is 18.1. The predicted octanol–water partition coefficient (Wildman–Crippen LogP) is 1.85. The highest BCUT2D eigenvalue weighted by Crippen LogP contribution is 2.20. The lowest BCUT2D eigenvalue weighted by atomic mass is 9.95. The number of pyridine rings is 1. The molecule has 1 amide bonds. The normalized spacial score (nSPS) is 19.5. The zero-order valence-corrected chi connectivity index (χ0v) is 15.2. The molecular weight excluding hydrogens is 349 g/mol. The van der Waals surface area contributed by atoms with Crippen LogP contribution in [-0.2, 0) is 4.74 Å². The zero-order chi connectivity index (χ0) is 18.8. The lowest BCUT2D eigenvalue weighted by Gasteiger charge is -2.36. The Morgan fingerprint density at radius 3 is 2.67 bits per heavy atom. The molecule has 2 aromatic rings. The van der Waals surface area contributed by atoms with E-state index in [1.165, 1.54) is 24.4 Å². The molecule has 1 aromatic heterocycles. The van der Waals surface area contributed by atoms with Crippen molar-refractivity contribution in [2.24, 2.45) is 5.92 Å². The molecule has 6 nitrogen and oxygen atoms in total. The van der Waals surface area contributed by atoms with E-state index in [2.05, 4.69) is 9.88 Å². The van der Waals surface area contributed by atoms with Gasteiger partial charge in [-0.1, -0.05) is 0 Å². The zero-order valence-electron chi connectivity index (χ0n) is 15.2. The molecule has 4 rings (SSSR count). The second-order valence-corrected chi connectivity index (χ2v) is 7.37. The number of ether oxygens (including phenoxy) is 1. The Bertz CT molecular complexity index is 884. The van der Waals surface area contributed by atoms with Gasteiger partial charge in [-0.05, 0) is 37.0 Å². The van der Waals surface area contributed by atoms with Gasteiger partial charge in [-0.3, -0.25) is 14.5 Å². The van der Waals surface area contributed by atoms with E-state index in [1.54, 1.807) is 4.90 Å². The second-order valence-electron chi connectivity index (χ2n) is 7.37. The topological polar surface area (TPSA) is 65.6 Å². The summed E-state index contributed by atoms with van der Waals surface area (Å²) in [5.41, 5.74) is 0.200. The molecule has 0 aliphatic carbocycles. The molecule has 0 radical (unpaired) electrons. The number of benzene rings is 1. The molecule has 0 bridgehead atoms. The molecule has 2 aliphatic heterocycles. The number of morpholine rings is 1. The molecule has 0 spiro atoms. The van der Waals surface area contributed by atoms with Crippen LogP contribution >= 0.6 is 0 Å². The van der Waals surface area contributed by atoms with Crippen molar-refractivity contribution in [1.82, 2.24) is 14.8 Å². The average molecular weight is 373 g/mol. The fourth-order valence-corrected chi connectivity index (χ4v) is 3.99. The number of hydrogen-bond acceptors (Lipinski definition) is 4. The van der Waals surface area contributed by atoms with Crippen LogP contribution in [0.2, 0.25) is 0 Å². The molecule has 7 heteroatoms. The number of aromatic nitrogens is 1. The minimum absolute atomic E-state index is 0.0831. The van der Waals surface area contributed by atoms with E-state index in [1.807, 2.05) is 0 Å². The van der Waals surface area contributed by atoms with Crippen LogP contribution in [-0.4, -0.2) is 66.6 Å². The summed E-state index contributed by atoms with van der Waals surface area (Å²) in [5, 5.41) is 0.211. The maximum absolute atomic E-state index is 13.5. The van der Waals surface area contributed by atoms with Crippen LogP contribution in [0.4, 0.5) is 4.39 Å². The van der Waals surface area contributed by atoms with Gasteiger partial charge in [0.15, 0.2) is 0 Å². The Labute approximate surface area is 156 Å². The number of nitrogens with one attached hydrogen (secondary N) is 1. The maximum atomic E-state index is 13.5. The molecule has 0 atom stereocenters. The van der Waals surface area contributed by atoms with Gasteiger partial charge in [0.1, 0.15) is 11.4 Å². The molecule has 0 saturated carbocycles. The molecular formula is C20H24FN3O3. The first-order valence-electron chi connectivity index (χ1n) is 9.52. The number of piperidine rings is 1. The highest BCUT2D eigenvalue weighted by Gasteiger charge is 2.27. The van der Waals surface area contributed by atoms with Crippen molar-refractivity contribution in [1.29, 1.82) is 0 Å². The van der Waals surface area contributed by atoms with E-state index in [0.717, 1.165) is 45.7 Å². The van der Waals surface area contributed by atoms with E-state index >= 15 is 0 Å². The second kappa shape index (κ2) is 7.78. The standard InChI is InChI=1S/C20H24FN3O3/c21-15-1-2-18-16(11-15)19(25)17(12-22-18)20(26)24-5-3-14(4-6-24)13-23-7-9-27-10-8-23/h1-2,11-12,14H,3-10,13H2,(H,22,25). The largest absolute Gasteiger partial charge is 0.379 e. The molecule has 2 saturated heterocycles. The fraction of sp³-hybridized carbons (Fsp3) is 0.500. The first-order chi connectivity index (χ1) is 13.1. The Morgan fingerprint density at radius 2 is 1.93 bits per heavy atom. The van der Waals surface area contributed by atoms with Gasteiger partial charge < -0.3 is 14.6 Å². The van der Waals surface area contributed by atoms with Crippen molar-refractivity contribution in [2.75, 3.05) is 45.9 Å². The summed E-state index contributed by atoms with van der Waals surface area (Å²) in [6, 6.07) is 3.98. The van der Waals surface area contributed by atoms with Gasteiger partial charge in [-0.15, -0.1) is 0 Å². The smallest absolute Gasteiger partial charge is 0.259 e. The lowest BCUT2D eigenvalue weighted by molar-refractivity contribution is 0.0242. The van der Waals surface area contributed by atoms with Crippen LogP contribution in [0.15, 0.2) is 29.2 Å².